The molecule has 3 rings (SSSR count). The van der Waals surface area contributed by atoms with E-state index in [0.29, 0.717) is 0 Å². The topological polar surface area (TPSA) is 0 Å². The third-order valence-corrected chi connectivity index (χ3v) is 5.68. The van der Waals surface area contributed by atoms with Crippen molar-refractivity contribution in [2.24, 2.45) is 0 Å². The fourth-order valence-electron chi connectivity index (χ4n) is 4.22. The highest BCUT2D eigenvalue weighted by Gasteiger charge is 2.34. The summed E-state index contributed by atoms with van der Waals surface area (Å²) in [5.41, 5.74) is 2.87. The lowest BCUT2D eigenvalue weighted by Crippen LogP contribution is -2.69. The number of rotatable bonds is 5. The average Bonchev–Trinajstić information content (AvgIpc) is 2.66. The lowest BCUT2D eigenvalue weighted by molar-refractivity contribution is 0.628. The Morgan fingerprint density at radius 2 is 0.885 bits per heavy atom. The zero-order valence-corrected chi connectivity index (χ0v) is 14.9. The molecule has 4 heteroatoms. The number of hydrogen-bond donors (Lipinski definition) is 0. The van der Waals surface area contributed by atoms with E-state index in [1.54, 1.807) is 36.4 Å². The van der Waals surface area contributed by atoms with Gasteiger partial charge in [0.1, 0.15) is 17.5 Å². The van der Waals surface area contributed by atoms with Crippen LogP contribution < -0.4 is 16.4 Å². The quantitative estimate of drug-likeness (QED) is 0.598. The van der Waals surface area contributed by atoms with Gasteiger partial charge in [0, 0.05) is 0 Å². The van der Waals surface area contributed by atoms with Gasteiger partial charge in [-0.2, -0.15) is 22.2 Å². The van der Waals surface area contributed by atoms with Crippen LogP contribution in [0.5, 0.6) is 0 Å². The second-order valence-corrected chi connectivity index (χ2v) is 6.97. The molecule has 0 saturated heterocycles. The molecule has 1 unspecified atom stereocenters. The van der Waals surface area contributed by atoms with Gasteiger partial charge in [0.2, 0.25) is 0 Å². The minimum atomic E-state index is -1.52. The molecule has 0 aliphatic rings. The van der Waals surface area contributed by atoms with Crippen LogP contribution in [-0.2, 0) is 0 Å². The number of benzene rings is 3. The number of hydrogen-bond acceptors (Lipinski definition) is 0. The highest BCUT2D eigenvalue weighted by Crippen LogP contribution is 2.25. The van der Waals surface area contributed by atoms with Gasteiger partial charge >= 0.3 is 0 Å². The first-order valence-corrected chi connectivity index (χ1v) is 8.92. The molecule has 0 amide bonds. The second-order valence-electron chi connectivity index (χ2n) is 6.97. The van der Waals surface area contributed by atoms with E-state index < -0.39 is 6.15 Å². The zero-order valence-electron chi connectivity index (χ0n) is 14.9. The first kappa shape index (κ1) is 18.3. The standard InChI is InChI=1S/C22H21BF3/c1-3-16(2)23(17-4-10-20(24)11-5-17,18-6-12-21(25)13-7-18)19-8-14-22(26)15-9-19/h4-16H,3H2,1-2H3/q-1. The van der Waals surface area contributed by atoms with Gasteiger partial charge in [-0.3, -0.25) is 0 Å². The predicted octanol–water partition coefficient (Wildman–Crippen LogP) is 4.37. The van der Waals surface area contributed by atoms with Crippen molar-refractivity contribution in [3.8, 4) is 0 Å². The molecule has 0 nitrogen and oxygen atoms in total. The van der Waals surface area contributed by atoms with Gasteiger partial charge in [-0.15, -0.1) is 0 Å². The highest BCUT2D eigenvalue weighted by atomic mass is 19.1. The van der Waals surface area contributed by atoms with Gasteiger partial charge in [0.25, 0.3) is 0 Å². The maximum atomic E-state index is 13.6. The summed E-state index contributed by atoms with van der Waals surface area (Å²) in [5, 5.41) is 0. The van der Waals surface area contributed by atoms with E-state index in [4.69, 9.17) is 0 Å². The summed E-state index contributed by atoms with van der Waals surface area (Å²) in [4.78, 5) is 0. The minimum absolute atomic E-state index is 0.177. The Morgan fingerprint density at radius 3 is 1.12 bits per heavy atom. The lowest BCUT2D eigenvalue weighted by Gasteiger charge is -2.48. The second kappa shape index (κ2) is 7.41. The normalized spacial score (nSPS) is 12.8. The van der Waals surface area contributed by atoms with Crippen LogP contribution in [-0.4, -0.2) is 6.15 Å². The van der Waals surface area contributed by atoms with Crippen LogP contribution in [0.15, 0.2) is 72.8 Å². The Kier molecular flexibility index (Phi) is 5.22. The summed E-state index contributed by atoms with van der Waals surface area (Å²) in [6.07, 6.45) is -0.650. The zero-order chi connectivity index (χ0) is 18.7. The van der Waals surface area contributed by atoms with Crippen molar-refractivity contribution in [2.75, 3.05) is 0 Å². The van der Waals surface area contributed by atoms with Gasteiger partial charge in [-0.25, -0.2) is 13.2 Å². The molecule has 3 aromatic rings. The van der Waals surface area contributed by atoms with Gasteiger partial charge in [-0.05, 0) is 36.4 Å². The molecule has 0 heterocycles. The van der Waals surface area contributed by atoms with Crippen LogP contribution in [0.1, 0.15) is 20.3 Å². The Bertz CT molecular complexity index is 744. The molecular formula is C22H21BF3-. The molecule has 0 radical (unpaired) electrons. The van der Waals surface area contributed by atoms with Crippen molar-refractivity contribution in [3.05, 3.63) is 90.2 Å². The smallest absolute Gasteiger partial charge is 0.122 e. The fraction of sp³-hybridized carbons (Fsp3) is 0.182. The summed E-state index contributed by atoms with van der Waals surface area (Å²) in [6.45, 7) is 4.23. The van der Waals surface area contributed by atoms with Crippen molar-refractivity contribution in [3.63, 3.8) is 0 Å². The highest BCUT2D eigenvalue weighted by molar-refractivity contribution is 7.12. The molecular weight excluding hydrogens is 332 g/mol. The van der Waals surface area contributed by atoms with Crippen molar-refractivity contribution >= 4 is 22.5 Å². The molecule has 0 N–H and O–H groups in total. The van der Waals surface area contributed by atoms with E-state index in [0.717, 1.165) is 22.8 Å². The molecule has 0 saturated carbocycles. The van der Waals surface area contributed by atoms with Crippen molar-refractivity contribution in [1.82, 2.24) is 0 Å². The lowest BCUT2D eigenvalue weighted by atomic mass is 9.10. The fourth-order valence-corrected chi connectivity index (χ4v) is 4.22. The van der Waals surface area contributed by atoms with E-state index in [9.17, 15) is 13.2 Å². The third kappa shape index (κ3) is 3.16. The Morgan fingerprint density at radius 1 is 0.615 bits per heavy atom. The van der Waals surface area contributed by atoms with Crippen molar-refractivity contribution in [2.45, 2.75) is 26.1 Å². The van der Waals surface area contributed by atoms with Crippen LogP contribution in [0, 0.1) is 17.5 Å². The van der Waals surface area contributed by atoms with E-state index >= 15 is 0 Å². The molecule has 1 atom stereocenters. The van der Waals surface area contributed by atoms with Crippen LogP contribution in [0.3, 0.4) is 0 Å². The van der Waals surface area contributed by atoms with Crippen molar-refractivity contribution in [1.29, 1.82) is 0 Å². The molecule has 0 aromatic heterocycles. The molecule has 0 bridgehead atoms. The monoisotopic (exact) mass is 353 g/mol. The molecule has 26 heavy (non-hydrogen) atoms. The predicted molar refractivity (Wildman–Crippen MR) is 104 cm³/mol. The van der Waals surface area contributed by atoms with E-state index in [1.807, 2.05) is 0 Å². The van der Waals surface area contributed by atoms with Crippen LogP contribution in [0.25, 0.3) is 0 Å². The van der Waals surface area contributed by atoms with E-state index in [-0.39, 0.29) is 23.3 Å². The summed E-state index contributed by atoms with van der Waals surface area (Å²) >= 11 is 0. The molecule has 0 fully saturated rings. The summed E-state index contributed by atoms with van der Waals surface area (Å²) in [5.74, 6) is -0.737. The first-order valence-electron chi connectivity index (χ1n) is 8.92. The van der Waals surface area contributed by atoms with Gasteiger partial charge < -0.3 is 0 Å². The summed E-state index contributed by atoms with van der Waals surface area (Å²) < 4.78 is 40.7. The average molecular weight is 353 g/mol. The summed E-state index contributed by atoms with van der Waals surface area (Å²) in [6, 6.07) is 19.4. The maximum Gasteiger partial charge on any atom is 0.122 e. The summed E-state index contributed by atoms with van der Waals surface area (Å²) in [7, 11) is 0. The SMILES string of the molecule is CCC(C)[B-](c1ccc(F)cc1)(c1ccc(F)cc1)c1ccc(F)cc1. The van der Waals surface area contributed by atoms with E-state index in [2.05, 4.69) is 13.8 Å². The molecule has 134 valence electrons. The van der Waals surface area contributed by atoms with Gasteiger partial charge in [0.15, 0.2) is 0 Å². The number of halogens is 3. The van der Waals surface area contributed by atoms with Gasteiger partial charge in [0.05, 0.1) is 6.15 Å². The Balaban J connectivity index is 2.35. The molecule has 0 aliphatic carbocycles. The van der Waals surface area contributed by atoms with Crippen LogP contribution in [0.2, 0.25) is 5.82 Å². The minimum Gasteiger partial charge on any atom is -0.207 e. The van der Waals surface area contributed by atoms with E-state index in [1.165, 1.54) is 36.4 Å². The van der Waals surface area contributed by atoms with Crippen molar-refractivity contribution < 1.29 is 13.2 Å². The van der Waals surface area contributed by atoms with Gasteiger partial charge in [-0.1, -0.05) is 56.7 Å². The van der Waals surface area contributed by atoms with Crippen LogP contribution in [0.4, 0.5) is 13.2 Å². The Hall–Kier alpha value is -2.49. The third-order valence-electron chi connectivity index (χ3n) is 5.68. The molecule has 0 spiro atoms. The first-order chi connectivity index (χ1) is 12.5. The van der Waals surface area contributed by atoms with Crippen LogP contribution >= 0.6 is 0 Å². The Labute approximate surface area is 152 Å². The molecule has 3 aromatic carbocycles. The largest absolute Gasteiger partial charge is 0.207 e. The maximum absolute atomic E-state index is 13.6. The molecule has 0 aliphatic heterocycles.